The molecule has 0 radical (unpaired) electrons. The number of Topliss-reactive ketones (excluding diaryl/α,β-unsaturated/α-hetero) is 1. The molecule has 0 amide bonds. The van der Waals surface area contributed by atoms with E-state index >= 15 is 0 Å². The molecule has 0 aromatic heterocycles. The average molecular weight is 296 g/mol. The highest BCUT2D eigenvalue weighted by molar-refractivity contribution is 5.94. The summed E-state index contributed by atoms with van der Waals surface area (Å²) in [4.78, 5) is 23.6. The van der Waals surface area contributed by atoms with Gasteiger partial charge in [-0.25, -0.2) is 0 Å². The van der Waals surface area contributed by atoms with Gasteiger partial charge in [0.05, 0.1) is 5.41 Å². The van der Waals surface area contributed by atoms with Gasteiger partial charge in [0.1, 0.15) is 5.75 Å². The zero-order valence-corrected chi connectivity index (χ0v) is 13.1. The molecule has 0 bridgehead atoms. The van der Waals surface area contributed by atoms with Crippen LogP contribution in [0.4, 0.5) is 0 Å². The monoisotopic (exact) mass is 296 g/mol. The highest BCUT2D eigenvalue weighted by Gasteiger charge is 2.30. The molecule has 3 heteroatoms. The quantitative estimate of drug-likeness (QED) is 0.474. The largest absolute Gasteiger partial charge is 0.426 e. The van der Waals surface area contributed by atoms with Gasteiger partial charge in [0.2, 0.25) is 0 Å². The molecular formula is C19H20O3. The van der Waals surface area contributed by atoms with E-state index in [9.17, 15) is 9.59 Å². The van der Waals surface area contributed by atoms with Gasteiger partial charge in [-0.2, -0.15) is 0 Å². The van der Waals surface area contributed by atoms with Crippen LogP contribution in [-0.2, 0) is 11.2 Å². The van der Waals surface area contributed by atoms with Crippen LogP contribution in [0.1, 0.15) is 36.7 Å². The van der Waals surface area contributed by atoms with Gasteiger partial charge in [-0.3, -0.25) is 9.59 Å². The fourth-order valence-electron chi connectivity index (χ4n) is 2.18. The highest BCUT2D eigenvalue weighted by atomic mass is 16.5. The summed E-state index contributed by atoms with van der Waals surface area (Å²) in [5.41, 5.74) is 1.07. The molecule has 2 aromatic rings. The number of benzene rings is 2. The van der Waals surface area contributed by atoms with Gasteiger partial charge in [0, 0.05) is 5.56 Å². The summed E-state index contributed by atoms with van der Waals surface area (Å²) in [6, 6.07) is 16.5. The van der Waals surface area contributed by atoms with Crippen molar-refractivity contribution in [3.63, 3.8) is 0 Å². The van der Waals surface area contributed by atoms with Crippen LogP contribution in [0.15, 0.2) is 54.6 Å². The Morgan fingerprint density at radius 2 is 1.55 bits per heavy atom. The van der Waals surface area contributed by atoms with E-state index in [1.54, 1.807) is 24.3 Å². The first-order valence-corrected chi connectivity index (χ1v) is 7.26. The number of ketones is 1. The normalized spacial score (nSPS) is 11.0. The number of esters is 1. The predicted octanol–water partition coefficient (Wildman–Crippen LogP) is 4.06. The molecule has 0 aliphatic heterocycles. The molecule has 0 aliphatic carbocycles. The molecule has 2 aromatic carbocycles. The fourth-order valence-corrected chi connectivity index (χ4v) is 2.18. The number of hydrogen-bond donors (Lipinski definition) is 0. The van der Waals surface area contributed by atoms with E-state index in [4.69, 9.17) is 4.74 Å². The molecule has 114 valence electrons. The third-order valence-corrected chi connectivity index (χ3v) is 3.51. The van der Waals surface area contributed by atoms with Crippen LogP contribution in [-0.4, -0.2) is 11.8 Å². The maximum atomic E-state index is 12.4. The SMILES string of the molecule is CC(=O)c1ccc(OC(=O)C(C)(C)Cc2ccccc2)cc1. The molecule has 22 heavy (non-hydrogen) atoms. The van der Waals surface area contributed by atoms with Gasteiger partial charge in [-0.05, 0) is 57.0 Å². The second kappa shape index (κ2) is 6.56. The van der Waals surface area contributed by atoms with E-state index < -0.39 is 5.41 Å². The Hall–Kier alpha value is -2.42. The minimum absolute atomic E-state index is 0.0118. The van der Waals surface area contributed by atoms with Crippen molar-refractivity contribution in [3.8, 4) is 5.75 Å². The van der Waals surface area contributed by atoms with E-state index in [0.29, 0.717) is 17.7 Å². The Morgan fingerprint density at radius 1 is 0.955 bits per heavy atom. The summed E-state index contributed by atoms with van der Waals surface area (Å²) in [5, 5.41) is 0. The Morgan fingerprint density at radius 3 is 2.09 bits per heavy atom. The zero-order valence-electron chi connectivity index (χ0n) is 13.1. The van der Waals surface area contributed by atoms with Crippen LogP contribution in [0.5, 0.6) is 5.75 Å². The van der Waals surface area contributed by atoms with Gasteiger partial charge in [-0.1, -0.05) is 30.3 Å². The minimum Gasteiger partial charge on any atom is -0.426 e. The predicted molar refractivity (Wildman–Crippen MR) is 86.0 cm³/mol. The lowest BCUT2D eigenvalue weighted by Gasteiger charge is -2.22. The molecule has 0 N–H and O–H groups in total. The van der Waals surface area contributed by atoms with Crippen molar-refractivity contribution >= 4 is 11.8 Å². The van der Waals surface area contributed by atoms with Crippen molar-refractivity contribution in [2.24, 2.45) is 5.41 Å². The molecule has 0 atom stereocenters. The third kappa shape index (κ3) is 4.04. The number of rotatable bonds is 5. The van der Waals surface area contributed by atoms with Gasteiger partial charge in [-0.15, -0.1) is 0 Å². The molecule has 3 nitrogen and oxygen atoms in total. The standard InChI is InChI=1S/C19H20O3/c1-14(20)16-9-11-17(12-10-16)22-18(21)19(2,3)13-15-7-5-4-6-8-15/h4-12H,13H2,1-3H3. The van der Waals surface area contributed by atoms with Crippen molar-refractivity contribution in [2.45, 2.75) is 27.2 Å². The van der Waals surface area contributed by atoms with Crippen molar-refractivity contribution in [3.05, 3.63) is 65.7 Å². The molecule has 0 unspecified atom stereocenters. The smallest absolute Gasteiger partial charge is 0.317 e. The summed E-state index contributed by atoms with van der Waals surface area (Å²) in [6.07, 6.45) is 0.609. The van der Waals surface area contributed by atoms with Crippen LogP contribution >= 0.6 is 0 Å². The molecule has 0 saturated carbocycles. The summed E-state index contributed by atoms with van der Waals surface area (Å²) in [7, 11) is 0. The summed E-state index contributed by atoms with van der Waals surface area (Å²) < 4.78 is 5.44. The average Bonchev–Trinajstić information content (AvgIpc) is 2.48. The summed E-state index contributed by atoms with van der Waals surface area (Å²) in [6.45, 7) is 5.24. The molecule has 2 rings (SSSR count). The molecule has 0 heterocycles. The van der Waals surface area contributed by atoms with Crippen LogP contribution in [0.2, 0.25) is 0 Å². The lowest BCUT2D eigenvalue weighted by atomic mass is 9.86. The topological polar surface area (TPSA) is 43.4 Å². The van der Waals surface area contributed by atoms with Gasteiger partial charge in [0.15, 0.2) is 5.78 Å². The summed E-state index contributed by atoms with van der Waals surface area (Å²) in [5.74, 6) is 0.158. The van der Waals surface area contributed by atoms with Crippen LogP contribution in [0.3, 0.4) is 0 Å². The van der Waals surface area contributed by atoms with Crippen LogP contribution < -0.4 is 4.74 Å². The second-order valence-electron chi connectivity index (χ2n) is 6.02. The van der Waals surface area contributed by atoms with Gasteiger partial charge < -0.3 is 4.74 Å². The van der Waals surface area contributed by atoms with E-state index in [0.717, 1.165) is 5.56 Å². The Balaban J connectivity index is 2.05. The number of carbonyl (C=O) groups excluding carboxylic acids is 2. The Kier molecular flexibility index (Phi) is 4.76. The molecule has 0 saturated heterocycles. The molecule has 0 spiro atoms. The fraction of sp³-hybridized carbons (Fsp3) is 0.263. The van der Waals surface area contributed by atoms with Crippen LogP contribution in [0.25, 0.3) is 0 Å². The van der Waals surface area contributed by atoms with E-state index in [2.05, 4.69) is 0 Å². The van der Waals surface area contributed by atoms with Crippen LogP contribution in [0, 0.1) is 5.41 Å². The Labute approximate surface area is 130 Å². The van der Waals surface area contributed by atoms with E-state index in [1.807, 2.05) is 44.2 Å². The highest BCUT2D eigenvalue weighted by Crippen LogP contribution is 2.25. The van der Waals surface area contributed by atoms with Crippen molar-refractivity contribution in [1.29, 1.82) is 0 Å². The van der Waals surface area contributed by atoms with Crippen molar-refractivity contribution < 1.29 is 14.3 Å². The number of hydrogen-bond acceptors (Lipinski definition) is 3. The number of carbonyl (C=O) groups is 2. The van der Waals surface area contributed by atoms with E-state index in [-0.39, 0.29) is 11.8 Å². The first-order valence-electron chi connectivity index (χ1n) is 7.26. The zero-order chi connectivity index (χ0) is 16.2. The molecule has 0 aliphatic rings. The number of ether oxygens (including phenoxy) is 1. The first kappa shape index (κ1) is 16.0. The van der Waals surface area contributed by atoms with Crippen molar-refractivity contribution in [1.82, 2.24) is 0 Å². The molecular weight excluding hydrogens is 276 g/mol. The Bertz CT molecular complexity index is 655. The maximum Gasteiger partial charge on any atom is 0.317 e. The minimum atomic E-state index is -0.624. The third-order valence-electron chi connectivity index (χ3n) is 3.51. The van der Waals surface area contributed by atoms with Gasteiger partial charge in [0.25, 0.3) is 0 Å². The van der Waals surface area contributed by atoms with Crippen molar-refractivity contribution in [2.75, 3.05) is 0 Å². The first-order chi connectivity index (χ1) is 10.4. The van der Waals surface area contributed by atoms with Gasteiger partial charge >= 0.3 is 5.97 Å². The molecule has 0 fully saturated rings. The summed E-state index contributed by atoms with van der Waals surface area (Å²) >= 11 is 0. The second-order valence-corrected chi connectivity index (χ2v) is 6.02. The van der Waals surface area contributed by atoms with E-state index in [1.165, 1.54) is 6.92 Å². The lowest BCUT2D eigenvalue weighted by molar-refractivity contribution is -0.143. The lowest BCUT2D eigenvalue weighted by Crippen LogP contribution is -2.31. The maximum absolute atomic E-state index is 12.4.